The van der Waals surface area contributed by atoms with E-state index in [0.29, 0.717) is 18.4 Å². The number of hydrazine groups is 1. The second-order valence-electron chi connectivity index (χ2n) is 3.23. The quantitative estimate of drug-likeness (QED) is 0.621. The third-order valence-electron chi connectivity index (χ3n) is 2.25. The van der Waals surface area contributed by atoms with Crippen LogP contribution in [0.25, 0.3) is 0 Å². The van der Waals surface area contributed by atoms with E-state index in [1.54, 1.807) is 0 Å². The highest BCUT2D eigenvalue weighted by Crippen LogP contribution is 2.17. The van der Waals surface area contributed by atoms with Crippen LogP contribution in [0, 0.1) is 5.92 Å². The van der Waals surface area contributed by atoms with E-state index in [1.807, 2.05) is 0 Å². The molecule has 1 fully saturated rings. The minimum Gasteiger partial charge on any atom is -0.291 e. The first-order valence-electron chi connectivity index (χ1n) is 4.28. The smallest absolute Gasteiger partial charge is 0.234 e. The highest BCUT2D eigenvalue weighted by atomic mass is 16.2. The van der Waals surface area contributed by atoms with Crippen LogP contribution < -0.4 is 10.9 Å². The predicted molar refractivity (Wildman–Crippen MR) is 43.8 cm³/mol. The van der Waals surface area contributed by atoms with E-state index in [4.69, 9.17) is 0 Å². The van der Waals surface area contributed by atoms with Gasteiger partial charge in [-0.05, 0) is 19.3 Å². The number of nitrogens with one attached hydrogen (secondary N) is 2. The molecule has 0 aromatic heterocycles. The monoisotopic (exact) mass is 156 g/mol. The first kappa shape index (κ1) is 8.53. The van der Waals surface area contributed by atoms with Crippen molar-refractivity contribution in [3.63, 3.8) is 0 Å². The van der Waals surface area contributed by atoms with Crippen molar-refractivity contribution in [2.75, 3.05) is 0 Å². The van der Waals surface area contributed by atoms with E-state index >= 15 is 0 Å². The number of hydrogen-bond donors (Lipinski definition) is 2. The SMILES string of the molecule is CCCC1CC(=O)NNC1C. The molecule has 0 radical (unpaired) electrons. The number of amides is 1. The third-order valence-corrected chi connectivity index (χ3v) is 2.25. The van der Waals surface area contributed by atoms with Gasteiger partial charge in [0.1, 0.15) is 0 Å². The average molecular weight is 156 g/mol. The molecule has 64 valence electrons. The molecule has 1 rings (SSSR count). The van der Waals surface area contributed by atoms with Crippen molar-refractivity contribution in [3.05, 3.63) is 0 Å². The summed E-state index contributed by atoms with van der Waals surface area (Å²) in [7, 11) is 0. The molecule has 2 atom stereocenters. The summed E-state index contributed by atoms with van der Waals surface area (Å²) in [5.74, 6) is 0.648. The van der Waals surface area contributed by atoms with Crippen LogP contribution in [0.2, 0.25) is 0 Å². The molecule has 1 aliphatic rings. The minimum absolute atomic E-state index is 0.126. The highest BCUT2D eigenvalue weighted by molar-refractivity contribution is 5.76. The Hall–Kier alpha value is -0.570. The fourth-order valence-electron chi connectivity index (χ4n) is 1.50. The first-order chi connectivity index (χ1) is 5.24. The Labute approximate surface area is 67.5 Å². The van der Waals surface area contributed by atoms with Crippen molar-refractivity contribution < 1.29 is 4.79 Å². The van der Waals surface area contributed by atoms with Gasteiger partial charge in [-0.25, -0.2) is 5.43 Å². The molecule has 1 aliphatic heterocycles. The van der Waals surface area contributed by atoms with E-state index in [0.717, 1.165) is 12.8 Å². The van der Waals surface area contributed by atoms with Gasteiger partial charge in [0.15, 0.2) is 0 Å². The zero-order chi connectivity index (χ0) is 8.27. The summed E-state index contributed by atoms with van der Waals surface area (Å²) in [6, 6.07) is 0.424. The van der Waals surface area contributed by atoms with Crippen molar-refractivity contribution in [3.8, 4) is 0 Å². The van der Waals surface area contributed by atoms with E-state index in [9.17, 15) is 4.79 Å². The molecule has 1 heterocycles. The largest absolute Gasteiger partial charge is 0.291 e. The Bertz CT molecular complexity index is 147. The predicted octanol–water partition coefficient (Wildman–Crippen LogP) is 0.816. The molecular weight excluding hydrogens is 140 g/mol. The zero-order valence-corrected chi connectivity index (χ0v) is 7.18. The molecule has 1 saturated heterocycles. The van der Waals surface area contributed by atoms with Crippen molar-refractivity contribution in [1.29, 1.82) is 0 Å². The van der Waals surface area contributed by atoms with Gasteiger partial charge >= 0.3 is 0 Å². The normalized spacial score (nSPS) is 31.6. The molecule has 0 spiro atoms. The van der Waals surface area contributed by atoms with Gasteiger partial charge in [0, 0.05) is 12.5 Å². The molecular formula is C8H16N2O. The lowest BCUT2D eigenvalue weighted by Crippen LogP contribution is -2.52. The maximum atomic E-state index is 10.9. The Morgan fingerprint density at radius 1 is 1.64 bits per heavy atom. The summed E-state index contributed by atoms with van der Waals surface area (Å²) in [4.78, 5) is 10.9. The van der Waals surface area contributed by atoms with Crippen molar-refractivity contribution >= 4 is 5.91 Å². The van der Waals surface area contributed by atoms with Crippen LogP contribution in [-0.4, -0.2) is 11.9 Å². The highest BCUT2D eigenvalue weighted by Gasteiger charge is 2.24. The topological polar surface area (TPSA) is 41.1 Å². The van der Waals surface area contributed by atoms with Gasteiger partial charge in [0.05, 0.1) is 0 Å². The number of carbonyl (C=O) groups excluding carboxylic acids is 1. The van der Waals surface area contributed by atoms with E-state index < -0.39 is 0 Å². The van der Waals surface area contributed by atoms with Crippen LogP contribution in [0.15, 0.2) is 0 Å². The second-order valence-corrected chi connectivity index (χ2v) is 3.23. The fraction of sp³-hybridized carbons (Fsp3) is 0.875. The van der Waals surface area contributed by atoms with Gasteiger partial charge in [0.2, 0.25) is 5.91 Å². The van der Waals surface area contributed by atoms with Crippen molar-refractivity contribution in [2.45, 2.75) is 39.2 Å². The summed E-state index contributed by atoms with van der Waals surface area (Å²) in [6.07, 6.45) is 2.98. The summed E-state index contributed by atoms with van der Waals surface area (Å²) in [5.41, 5.74) is 5.60. The third kappa shape index (κ3) is 2.19. The zero-order valence-electron chi connectivity index (χ0n) is 7.18. The number of rotatable bonds is 2. The number of carbonyl (C=O) groups is 1. The molecule has 3 nitrogen and oxygen atoms in total. The van der Waals surface area contributed by atoms with Gasteiger partial charge < -0.3 is 0 Å². The summed E-state index contributed by atoms with van der Waals surface area (Å²) in [5, 5.41) is 0. The molecule has 0 aromatic rings. The van der Waals surface area contributed by atoms with Crippen LogP contribution in [0.4, 0.5) is 0 Å². The lowest BCUT2D eigenvalue weighted by atomic mass is 9.91. The van der Waals surface area contributed by atoms with Crippen LogP contribution >= 0.6 is 0 Å². The molecule has 1 amide bonds. The molecule has 2 unspecified atom stereocenters. The summed E-state index contributed by atoms with van der Waals surface area (Å²) < 4.78 is 0. The van der Waals surface area contributed by atoms with E-state index in [-0.39, 0.29) is 5.91 Å². The fourth-order valence-corrected chi connectivity index (χ4v) is 1.50. The lowest BCUT2D eigenvalue weighted by molar-refractivity contribution is -0.125. The standard InChI is InChI=1S/C8H16N2O/c1-3-4-7-5-8(11)10-9-6(7)2/h6-7,9H,3-5H2,1-2H3,(H,10,11). The molecule has 11 heavy (non-hydrogen) atoms. The van der Waals surface area contributed by atoms with Crippen LogP contribution in [0.1, 0.15) is 33.1 Å². The molecule has 0 aromatic carbocycles. The summed E-state index contributed by atoms with van der Waals surface area (Å²) >= 11 is 0. The van der Waals surface area contributed by atoms with E-state index in [2.05, 4.69) is 24.7 Å². The first-order valence-corrected chi connectivity index (χ1v) is 4.28. The Balaban J connectivity index is 2.40. The molecule has 0 bridgehead atoms. The Morgan fingerprint density at radius 3 is 3.00 bits per heavy atom. The maximum Gasteiger partial charge on any atom is 0.234 e. The molecule has 0 aliphatic carbocycles. The van der Waals surface area contributed by atoms with Gasteiger partial charge in [-0.1, -0.05) is 13.3 Å². The summed E-state index contributed by atoms with van der Waals surface area (Å²) in [6.45, 7) is 4.26. The molecule has 0 saturated carbocycles. The van der Waals surface area contributed by atoms with Crippen LogP contribution in [0.5, 0.6) is 0 Å². The lowest BCUT2D eigenvalue weighted by Gasteiger charge is -2.29. The minimum atomic E-state index is 0.126. The van der Waals surface area contributed by atoms with Gasteiger partial charge in [-0.15, -0.1) is 0 Å². The van der Waals surface area contributed by atoms with Crippen LogP contribution in [0.3, 0.4) is 0 Å². The van der Waals surface area contributed by atoms with Gasteiger partial charge in [-0.3, -0.25) is 10.2 Å². The van der Waals surface area contributed by atoms with E-state index in [1.165, 1.54) is 0 Å². The van der Waals surface area contributed by atoms with Gasteiger partial charge in [-0.2, -0.15) is 0 Å². The number of hydrogen-bond acceptors (Lipinski definition) is 2. The molecule has 2 N–H and O–H groups in total. The molecule has 3 heteroatoms. The van der Waals surface area contributed by atoms with Crippen molar-refractivity contribution in [2.24, 2.45) is 5.92 Å². The maximum absolute atomic E-state index is 10.9. The van der Waals surface area contributed by atoms with Crippen LogP contribution in [-0.2, 0) is 4.79 Å². The second kappa shape index (κ2) is 3.72. The Morgan fingerprint density at radius 2 is 2.36 bits per heavy atom. The average Bonchev–Trinajstić information content (AvgIpc) is 1.98. The Kier molecular flexibility index (Phi) is 2.88. The van der Waals surface area contributed by atoms with Crippen molar-refractivity contribution in [1.82, 2.24) is 10.9 Å². The van der Waals surface area contributed by atoms with Gasteiger partial charge in [0.25, 0.3) is 0 Å².